The van der Waals surface area contributed by atoms with E-state index in [0.29, 0.717) is 26.1 Å². The number of nitrogens with zero attached hydrogens (tertiary/aromatic N) is 1. The Bertz CT molecular complexity index is 210. The van der Waals surface area contributed by atoms with Crippen molar-refractivity contribution in [3.8, 4) is 0 Å². The third kappa shape index (κ3) is 3.06. The van der Waals surface area contributed by atoms with Crippen LogP contribution in [0.3, 0.4) is 0 Å². The SMILES string of the molecule is COCCCN1CCC(O)(C(F)(F)F)C1. The number of aliphatic hydroxyl groups is 1. The topological polar surface area (TPSA) is 32.7 Å². The van der Waals surface area contributed by atoms with Crippen molar-refractivity contribution in [3.63, 3.8) is 0 Å². The van der Waals surface area contributed by atoms with Crippen LogP contribution >= 0.6 is 0 Å². The lowest BCUT2D eigenvalue weighted by Gasteiger charge is -2.26. The van der Waals surface area contributed by atoms with Gasteiger partial charge < -0.3 is 9.84 Å². The molecule has 1 atom stereocenters. The first-order valence-electron chi connectivity index (χ1n) is 4.89. The van der Waals surface area contributed by atoms with Gasteiger partial charge in [0.15, 0.2) is 5.60 Å². The average Bonchev–Trinajstić information content (AvgIpc) is 2.48. The van der Waals surface area contributed by atoms with Crippen LogP contribution in [0, 0.1) is 0 Å². The summed E-state index contributed by atoms with van der Waals surface area (Å²) < 4.78 is 42.0. The molecule has 1 saturated heterocycles. The van der Waals surface area contributed by atoms with Gasteiger partial charge in [0, 0.05) is 33.4 Å². The predicted molar refractivity (Wildman–Crippen MR) is 48.6 cm³/mol. The molecule has 3 nitrogen and oxygen atoms in total. The van der Waals surface area contributed by atoms with Crippen molar-refractivity contribution in [2.45, 2.75) is 24.6 Å². The van der Waals surface area contributed by atoms with E-state index in [2.05, 4.69) is 0 Å². The van der Waals surface area contributed by atoms with Crippen molar-refractivity contribution >= 4 is 0 Å². The van der Waals surface area contributed by atoms with E-state index < -0.39 is 11.8 Å². The second-order valence-electron chi connectivity index (χ2n) is 3.90. The Balaban J connectivity index is 2.38. The molecule has 0 aliphatic carbocycles. The molecule has 1 unspecified atom stereocenters. The van der Waals surface area contributed by atoms with Crippen LogP contribution in [-0.2, 0) is 4.74 Å². The lowest BCUT2D eigenvalue weighted by atomic mass is 10.0. The molecule has 0 saturated carbocycles. The van der Waals surface area contributed by atoms with Crippen molar-refractivity contribution in [2.24, 2.45) is 0 Å². The number of hydrogen-bond donors (Lipinski definition) is 1. The van der Waals surface area contributed by atoms with Gasteiger partial charge in [0.2, 0.25) is 0 Å². The summed E-state index contributed by atoms with van der Waals surface area (Å²) in [6, 6.07) is 0. The van der Waals surface area contributed by atoms with Gasteiger partial charge in [-0.05, 0) is 12.8 Å². The maximum atomic E-state index is 12.4. The highest BCUT2D eigenvalue weighted by Gasteiger charge is 2.56. The zero-order valence-corrected chi connectivity index (χ0v) is 8.68. The van der Waals surface area contributed by atoms with Gasteiger partial charge >= 0.3 is 6.18 Å². The molecule has 6 heteroatoms. The minimum atomic E-state index is -4.52. The molecule has 0 spiro atoms. The van der Waals surface area contributed by atoms with E-state index >= 15 is 0 Å². The van der Waals surface area contributed by atoms with E-state index in [-0.39, 0.29) is 13.0 Å². The smallest absolute Gasteiger partial charge is 0.385 e. The lowest BCUT2D eigenvalue weighted by Crippen LogP contribution is -2.47. The Hall–Kier alpha value is -0.330. The van der Waals surface area contributed by atoms with E-state index in [1.807, 2.05) is 0 Å². The van der Waals surface area contributed by atoms with Crippen LogP contribution in [0.4, 0.5) is 13.2 Å². The minimum absolute atomic E-state index is 0.233. The van der Waals surface area contributed by atoms with Crippen molar-refractivity contribution in [2.75, 3.05) is 33.4 Å². The minimum Gasteiger partial charge on any atom is -0.385 e. The van der Waals surface area contributed by atoms with Crippen LogP contribution in [0.1, 0.15) is 12.8 Å². The number of β-amino-alcohol motifs (C(OH)–C–C–N with tert-alkyl or cyclic N) is 1. The van der Waals surface area contributed by atoms with Gasteiger partial charge in [-0.15, -0.1) is 0 Å². The van der Waals surface area contributed by atoms with E-state index in [1.165, 1.54) is 0 Å². The standard InChI is InChI=1S/C9H16F3NO2/c1-15-6-2-4-13-5-3-8(14,7-13)9(10,11)12/h14H,2-7H2,1H3. The molecule has 90 valence electrons. The predicted octanol–water partition coefficient (Wildman–Crippen LogP) is 1.02. The summed E-state index contributed by atoms with van der Waals surface area (Å²) in [6.45, 7) is 1.03. The van der Waals surface area contributed by atoms with E-state index in [4.69, 9.17) is 4.74 Å². The Labute approximate surface area is 86.8 Å². The first kappa shape index (κ1) is 12.7. The van der Waals surface area contributed by atoms with Gasteiger partial charge in [0.1, 0.15) is 0 Å². The number of alkyl halides is 3. The van der Waals surface area contributed by atoms with Crippen molar-refractivity contribution in [1.82, 2.24) is 4.90 Å². The highest BCUT2D eigenvalue weighted by atomic mass is 19.4. The zero-order chi connectivity index (χ0) is 11.5. The van der Waals surface area contributed by atoms with E-state index in [0.717, 1.165) is 0 Å². The average molecular weight is 227 g/mol. The maximum absolute atomic E-state index is 12.4. The molecule has 0 bridgehead atoms. The lowest BCUT2D eigenvalue weighted by molar-refractivity contribution is -0.253. The molecule has 1 fully saturated rings. The van der Waals surface area contributed by atoms with Gasteiger partial charge in [-0.1, -0.05) is 0 Å². The summed E-state index contributed by atoms with van der Waals surface area (Å²) in [5.41, 5.74) is -2.51. The summed E-state index contributed by atoms with van der Waals surface area (Å²) in [7, 11) is 1.55. The van der Waals surface area contributed by atoms with Gasteiger partial charge in [0.05, 0.1) is 0 Å². The molecule has 1 aliphatic rings. The first-order chi connectivity index (χ1) is 6.89. The number of rotatable bonds is 4. The normalized spacial score (nSPS) is 28.6. The van der Waals surface area contributed by atoms with Crippen LogP contribution < -0.4 is 0 Å². The van der Waals surface area contributed by atoms with Crippen LogP contribution in [0.2, 0.25) is 0 Å². The summed E-state index contributed by atoms with van der Waals surface area (Å²) in [4.78, 5) is 1.62. The Kier molecular flexibility index (Phi) is 3.97. The summed E-state index contributed by atoms with van der Waals surface area (Å²) in [5, 5.41) is 9.36. The number of ether oxygens (including phenoxy) is 1. The molecule has 15 heavy (non-hydrogen) atoms. The van der Waals surface area contributed by atoms with Gasteiger partial charge in [-0.2, -0.15) is 13.2 Å². The molecule has 1 heterocycles. The van der Waals surface area contributed by atoms with E-state index in [9.17, 15) is 18.3 Å². The molecule has 1 rings (SSSR count). The number of halogens is 3. The number of hydrogen-bond acceptors (Lipinski definition) is 3. The van der Waals surface area contributed by atoms with Crippen molar-refractivity contribution in [1.29, 1.82) is 0 Å². The van der Waals surface area contributed by atoms with Crippen LogP contribution in [0.15, 0.2) is 0 Å². The molecule has 0 aromatic heterocycles. The van der Waals surface area contributed by atoms with Gasteiger partial charge in [-0.25, -0.2) is 0 Å². The highest BCUT2D eigenvalue weighted by molar-refractivity contribution is 4.95. The third-order valence-electron chi connectivity index (χ3n) is 2.68. The van der Waals surface area contributed by atoms with Crippen LogP contribution in [0.5, 0.6) is 0 Å². The third-order valence-corrected chi connectivity index (χ3v) is 2.68. The highest BCUT2D eigenvalue weighted by Crippen LogP contribution is 2.37. The maximum Gasteiger partial charge on any atom is 0.418 e. The molecule has 0 radical (unpaired) electrons. The Morgan fingerprint density at radius 2 is 2.13 bits per heavy atom. The Morgan fingerprint density at radius 1 is 1.47 bits per heavy atom. The summed E-state index contributed by atoms with van der Waals surface area (Å²) in [6.07, 6.45) is -4.07. The van der Waals surface area contributed by atoms with Gasteiger partial charge in [-0.3, -0.25) is 4.90 Å². The summed E-state index contributed by atoms with van der Waals surface area (Å²) in [5.74, 6) is 0. The molecular formula is C9H16F3NO2. The fourth-order valence-corrected chi connectivity index (χ4v) is 1.73. The van der Waals surface area contributed by atoms with E-state index in [1.54, 1.807) is 12.0 Å². The molecule has 0 aromatic rings. The van der Waals surface area contributed by atoms with Crippen molar-refractivity contribution in [3.05, 3.63) is 0 Å². The monoisotopic (exact) mass is 227 g/mol. The van der Waals surface area contributed by atoms with Crippen LogP contribution in [-0.4, -0.2) is 55.1 Å². The zero-order valence-electron chi connectivity index (χ0n) is 8.68. The van der Waals surface area contributed by atoms with Crippen LogP contribution in [0.25, 0.3) is 0 Å². The molecule has 0 amide bonds. The quantitative estimate of drug-likeness (QED) is 0.728. The summed E-state index contributed by atoms with van der Waals surface area (Å²) >= 11 is 0. The molecular weight excluding hydrogens is 211 g/mol. The molecule has 0 aromatic carbocycles. The fraction of sp³-hybridized carbons (Fsp3) is 1.00. The number of likely N-dealkylation sites (tertiary alicyclic amines) is 1. The number of methoxy groups -OCH3 is 1. The second kappa shape index (κ2) is 4.67. The largest absolute Gasteiger partial charge is 0.418 e. The fourth-order valence-electron chi connectivity index (χ4n) is 1.73. The first-order valence-corrected chi connectivity index (χ1v) is 4.89. The van der Waals surface area contributed by atoms with Gasteiger partial charge in [0.25, 0.3) is 0 Å². The molecule has 1 aliphatic heterocycles. The Morgan fingerprint density at radius 3 is 2.60 bits per heavy atom. The molecule has 1 N–H and O–H groups in total. The second-order valence-corrected chi connectivity index (χ2v) is 3.90. The van der Waals surface area contributed by atoms with Crippen molar-refractivity contribution < 1.29 is 23.0 Å².